The fourth-order valence-electron chi connectivity index (χ4n) is 5.21. The molecule has 190 valence electrons. The molecular formula is C30H32F2O4. The molecular weight excluding hydrogens is 462 g/mol. The number of halogens is 2. The molecule has 6 heteroatoms. The van der Waals surface area contributed by atoms with E-state index in [-0.39, 0.29) is 24.4 Å². The van der Waals surface area contributed by atoms with Crippen LogP contribution >= 0.6 is 0 Å². The van der Waals surface area contributed by atoms with E-state index in [2.05, 4.69) is 13.8 Å². The van der Waals surface area contributed by atoms with E-state index >= 15 is 4.39 Å². The summed E-state index contributed by atoms with van der Waals surface area (Å²) in [6, 6.07) is 15.0. The Bertz CT molecular complexity index is 1250. The molecule has 1 fully saturated rings. The van der Waals surface area contributed by atoms with Crippen LogP contribution in [0.4, 0.5) is 8.78 Å². The van der Waals surface area contributed by atoms with Crippen LogP contribution in [0.5, 0.6) is 11.5 Å². The van der Waals surface area contributed by atoms with Gasteiger partial charge in [0.15, 0.2) is 0 Å². The third kappa shape index (κ3) is 5.69. The Morgan fingerprint density at radius 2 is 1.83 bits per heavy atom. The Balaban J connectivity index is 1.69. The van der Waals surface area contributed by atoms with Gasteiger partial charge in [-0.25, -0.2) is 8.78 Å². The summed E-state index contributed by atoms with van der Waals surface area (Å²) in [6.45, 7) is 4.42. The van der Waals surface area contributed by atoms with Crippen molar-refractivity contribution in [3.05, 3.63) is 82.9 Å². The smallest absolute Gasteiger partial charge is 0.303 e. The number of hydrogen-bond donors (Lipinski definition) is 1. The predicted molar refractivity (Wildman–Crippen MR) is 135 cm³/mol. The van der Waals surface area contributed by atoms with Gasteiger partial charge in [-0.1, -0.05) is 32.4 Å². The third-order valence-electron chi connectivity index (χ3n) is 7.24. The second-order valence-corrected chi connectivity index (χ2v) is 10.1. The molecule has 0 radical (unpaired) electrons. The van der Waals surface area contributed by atoms with Gasteiger partial charge in [0.1, 0.15) is 29.7 Å². The Labute approximate surface area is 210 Å². The number of benzene rings is 3. The zero-order chi connectivity index (χ0) is 25.9. The summed E-state index contributed by atoms with van der Waals surface area (Å²) in [4.78, 5) is 10.9. The summed E-state index contributed by atoms with van der Waals surface area (Å²) in [6.07, 6.45) is 3.47. The number of aryl methyl sites for hydroxylation is 1. The summed E-state index contributed by atoms with van der Waals surface area (Å²) in [5.74, 6) is -0.542. The highest BCUT2D eigenvalue weighted by atomic mass is 19.1. The van der Waals surface area contributed by atoms with E-state index in [0.717, 1.165) is 30.4 Å². The van der Waals surface area contributed by atoms with Crippen molar-refractivity contribution in [1.29, 1.82) is 0 Å². The SMILES string of the molecule is COc1ccc(F)c(-c2cc(F)c(COc3cccc(CCC(=O)O)c3)cc2[C@@H]2CCCC2(C)C)c1. The molecule has 0 unspecified atom stereocenters. The van der Waals surface area contributed by atoms with E-state index in [1.807, 2.05) is 12.1 Å². The Morgan fingerprint density at radius 1 is 1.03 bits per heavy atom. The van der Waals surface area contributed by atoms with Gasteiger partial charge in [0.25, 0.3) is 0 Å². The number of hydrogen-bond acceptors (Lipinski definition) is 3. The molecule has 1 N–H and O–H groups in total. The van der Waals surface area contributed by atoms with Gasteiger partial charge in [-0.05, 0) is 89.8 Å². The summed E-state index contributed by atoms with van der Waals surface area (Å²) >= 11 is 0. The first-order valence-electron chi connectivity index (χ1n) is 12.3. The molecule has 0 saturated heterocycles. The van der Waals surface area contributed by atoms with E-state index in [4.69, 9.17) is 14.6 Å². The average molecular weight is 495 g/mol. The fourth-order valence-corrected chi connectivity index (χ4v) is 5.21. The highest BCUT2D eigenvalue weighted by molar-refractivity contribution is 5.71. The van der Waals surface area contributed by atoms with Crippen molar-refractivity contribution in [1.82, 2.24) is 0 Å². The standard InChI is InChI=1S/C30H32F2O4/c1-30(2)13-5-8-26(30)24-15-20(18-36-22-7-4-6-19(14-22)9-12-29(33)34)28(32)17-23(24)25-16-21(35-3)10-11-27(25)31/h4,6-7,10-11,14-17,26H,5,8-9,12-13,18H2,1-3H3,(H,33,34)/t26-/m0/s1. The Hall–Kier alpha value is -3.41. The molecule has 4 rings (SSSR count). The van der Waals surface area contributed by atoms with E-state index in [9.17, 15) is 9.18 Å². The quantitative estimate of drug-likeness (QED) is 0.334. The number of carbonyl (C=O) groups is 1. The van der Waals surface area contributed by atoms with E-state index in [1.54, 1.807) is 30.3 Å². The fraction of sp³-hybridized carbons (Fsp3) is 0.367. The molecule has 1 aliphatic carbocycles. The molecule has 4 nitrogen and oxygen atoms in total. The van der Waals surface area contributed by atoms with E-state index in [0.29, 0.717) is 34.6 Å². The first-order valence-corrected chi connectivity index (χ1v) is 12.3. The van der Waals surface area contributed by atoms with Crippen LogP contribution in [-0.2, 0) is 17.8 Å². The normalized spacial score (nSPS) is 16.6. The van der Waals surface area contributed by atoms with Gasteiger partial charge in [0, 0.05) is 17.5 Å². The van der Waals surface area contributed by atoms with Gasteiger partial charge >= 0.3 is 5.97 Å². The second-order valence-electron chi connectivity index (χ2n) is 10.1. The third-order valence-corrected chi connectivity index (χ3v) is 7.24. The maximum Gasteiger partial charge on any atom is 0.303 e. The van der Waals surface area contributed by atoms with Crippen LogP contribution < -0.4 is 9.47 Å². The minimum Gasteiger partial charge on any atom is -0.497 e. The number of rotatable bonds is 9. The maximum absolute atomic E-state index is 15.4. The number of aliphatic carboxylic acids is 1. The summed E-state index contributed by atoms with van der Waals surface area (Å²) in [5.41, 5.74) is 3.02. The van der Waals surface area contributed by atoms with Crippen molar-refractivity contribution in [2.45, 2.75) is 58.5 Å². The molecule has 0 bridgehead atoms. The van der Waals surface area contributed by atoms with Gasteiger partial charge in [-0.3, -0.25) is 4.79 Å². The van der Waals surface area contributed by atoms with Crippen LogP contribution in [0.1, 0.15) is 62.1 Å². The van der Waals surface area contributed by atoms with Crippen molar-refractivity contribution < 1.29 is 28.2 Å². The summed E-state index contributed by atoms with van der Waals surface area (Å²) < 4.78 is 41.6. The Morgan fingerprint density at radius 3 is 2.53 bits per heavy atom. The average Bonchev–Trinajstić information content (AvgIpc) is 3.21. The molecule has 3 aromatic rings. The molecule has 1 saturated carbocycles. The minimum atomic E-state index is -0.863. The first kappa shape index (κ1) is 25.7. The number of methoxy groups -OCH3 is 1. The van der Waals surface area contributed by atoms with Crippen LogP contribution in [0.3, 0.4) is 0 Å². The lowest BCUT2D eigenvalue weighted by molar-refractivity contribution is -0.136. The van der Waals surface area contributed by atoms with Gasteiger partial charge in [0.05, 0.1) is 7.11 Å². The van der Waals surface area contributed by atoms with Crippen molar-refractivity contribution in [2.24, 2.45) is 5.41 Å². The van der Waals surface area contributed by atoms with Gasteiger partial charge < -0.3 is 14.6 Å². The zero-order valence-corrected chi connectivity index (χ0v) is 20.9. The molecule has 3 aromatic carbocycles. The van der Waals surface area contributed by atoms with Crippen molar-refractivity contribution in [3.8, 4) is 22.6 Å². The second kappa shape index (κ2) is 10.7. The predicted octanol–water partition coefficient (Wildman–Crippen LogP) is 7.53. The lowest BCUT2D eigenvalue weighted by Crippen LogP contribution is -2.17. The molecule has 1 atom stereocenters. The molecule has 0 spiro atoms. The maximum atomic E-state index is 15.4. The van der Waals surface area contributed by atoms with E-state index in [1.165, 1.54) is 19.2 Å². The van der Waals surface area contributed by atoms with Gasteiger partial charge in [-0.15, -0.1) is 0 Å². The van der Waals surface area contributed by atoms with Crippen molar-refractivity contribution >= 4 is 5.97 Å². The zero-order valence-electron chi connectivity index (χ0n) is 20.9. The highest BCUT2D eigenvalue weighted by Gasteiger charge is 2.37. The molecule has 1 aliphatic rings. The number of carboxylic acid groups (broad SMARTS) is 1. The monoisotopic (exact) mass is 494 g/mol. The number of carboxylic acids is 1. The van der Waals surface area contributed by atoms with Crippen molar-refractivity contribution in [2.75, 3.05) is 7.11 Å². The van der Waals surface area contributed by atoms with Crippen LogP contribution in [0.15, 0.2) is 54.6 Å². The summed E-state index contributed by atoms with van der Waals surface area (Å²) in [5, 5.41) is 8.93. The lowest BCUT2D eigenvalue weighted by atomic mass is 9.75. The summed E-state index contributed by atoms with van der Waals surface area (Å²) in [7, 11) is 1.52. The van der Waals surface area contributed by atoms with Crippen LogP contribution in [0.25, 0.3) is 11.1 Å². The molecule has 0 aliphatic heterocycles. The van der Waals surface area contributed by atoms with Gasteiger partial charge in [-0.2, -0.15) is 0 Å². The number of ether oxygens (including phenoxy) is 2. The molecule has 0 heterocycles. The van der Waals surface area contributed by atoms with E-state index < -0.39 is 17.6 Å². The van der Waals surface area contributed by atoms with Crippen LogP contribution in [0.2, 0.25) is 0 Å². The Kier molecular flexibility index (Phi) is 7.62. The molecule has 0 aromatic heterocycles. The first-order chi connectivity index (χ1) is 17.2. The topological polar surface area (TPSA) is 55.8 Å². The highest BCUT2D eigenvalue weighted by Crippen LogP contribution is 2.51. The largest absolute Gasteiger partial charge is 0.497 e. The van der Waals surface area contributed by atoms with Crippen LogP contribution in [0, 0.1) is 17.0 Å². The lowest BCUT2D eigenvalue weighted by Gasteiger charge is -2.30. The molecule has 0 amide bonds. The minimum absolute atomic E-state index is 0.00147. The van der Waals surface area contributed by atoms with Gasteiger partial charge in [0.2, 0.25) is 0 Å². The van der Waals surface area contributed by atoms with Crippen LogP contribution in [-0.4, -0.2) is 18.2 Å². The van der Waals surface area contributed by atoms with Crippen molar-refractivity contribution in [3.63, 3.8) is 0 Å². The molecule has 36 heavy (non-hydrogen) atoms.